The van der Waals surface area contributed by atoms with Crippen molar-refractivity contribution in [2.24, 2.45) is 0 Å². The summed E-state index contributed by atoms with van der Waals surface area (Å²) in [7, 11) is 0. The van der Waals surface area contributed by atoms with Crippen LogP contribution < -0.4 is 5.32 Å². The molecule has 2 heteroatoms. The van der Waals surface area contributed by atoms with Crippen molar-refractivity contribution in [3.8, 4) is 0 Å². The molecule has 2 aliphatic rings. The summed E-state index contributed by atoms with van der Waals surface area (Å²) < 4.78 is 0. The summed E-state index contributed by atoms with van der Waals surface area (Å²) in [6.07, 6.45) is 8.28. The third-order valence-electron chi connectivity index (χ3n) is 5.22. The second-order valence-corrected chi connectivity index (χ2v) is 7.57. The fraction of sp³-hybridized carbons (Fsp3) is 0.684. The van der Waals surface area contributed by atoms with Gasteiger partial charge in [-0.05, 0) is 38.7 Å². The van der Waals surface area contributed by atoms with Gasteiger partial charge in [0.15, 0.2) is 0 Å². The van der Waals surface area contributed by atoms with Crippen LogP contribution in [0.2, 0.25) is 0 Å². The number of benzene rings is 1. The zero-order valence-corrected chi connectivity index (χ0v) is 13.6. The summed E-state index contributed by atoms with van der Waals surface area (Å²) in [4.78, 5) is 2.84. The number of rotatable bonds is 3. The van der Waals surface area contributed by atoms with Gasteiger partial charge >= 0.3 is 0 Å². The molecule has 1 saturated carbocycles. The Morgan fingerprint density at radius 3 is 2.52 bits per heavy atom. The van der Waals surface area contributed by atoms with Gasteiger partial charge in [0.1, 0.15) is 0 Å². The minimum Gasteiger partial charge on any atom is -0.309 e. The lowest BCUT2D eigenvalue weighted by Gasteiger charge is -2.49. The van der Waals surface area contributed by atoms with E-state index < -0.39 is 0 Å². The van der Waals surface area contributed by atoms with Crippen molar-refractivity contribution in [1.29, 1.82) is 0 Å². The van der Waals surface area contributed by atoms with Crippen molar-refractivity contribution >= 4 is 0 Å². The van der Waals surface area contributed by atoms with Gasteiger partial charge in [0, 0.05) is 30.7 Å². The minimum atomic E-state index is 0.255. The van der Waals surface area contributed by atoms with E-state index >= 15 is 0 Å². The Morgan fingerprint density at radius 2 is 1.81 bits per heavy atom. The van der Waals surface area contributed by atoms with Crippen LogP contribution in [0.25, 0.3) is 0 Å². The Morgan fingerprint density at radius 1 is 1.10 bits per heavy atom. The van der Waals surface area contributed by atoms with Crippen LogP contribution in [0.15, 0.2) is 30.3 Å². The lowest BCUT2D eigenvalue weighted by atomic mass is 9.88. The molecule has 0 amide bonds. The lowest BCUT2D eigenvalue weighted by molar-refractivity contribution is 0.0381. The monoisotopic (exact) mass is 286 g/mol. The zero-order valence-electron chi connectivity index (χ0n) is 13.6. The number of hydrogen-bond acceptors (Lipinski definition) is 2. The van der Waals surface area contributed by atoms with Crippen LogP contribution in [-0.4, -0.2) is 35.6 Å². The predicted octanol–water partition coefficient (Wildman–Crippen LogP) is 3.61. The van der Waals surface area contributed by atoms with Crippen LogP contribution in [0, 0.1) is 0 Å². The van der Waals surface area contributed by atoms with E-state index in [-0.39, 0.29) is 5.54 Å². The van der Waals surface area contributed by atoms with E-state index in [1.165, 1.54) is 50.6 Å². The standard InChI is InChI=1S/C19H30N2/c1-19(2)15-21(17-11-7-4-8-12-17)18(14-20-19)13-16-9-5-3-6-10-16/h3,5-6,9-10,17-18,20H,4,7-8,11-15H2,1-2H3. The molecular formula is C19H30N2. The molecule has 3 rings (SSSR count). The highest BCUT2D eigenvalue weighted by molar-refractivity contribution is 5.17. The summed E-state index contributed by atoms with van der Waals surface area (Å²) in [6.45, 7) is 7.01. The second kappa shape index (κ2) is 6.50. The normalized spacial score (nSPS) is 27.6. The lowest BCUT2D eigenvalue weighted by Crippen LogP contribution is -2.64. The van der Waals surface area contributed by atoms with Gasteiger partial charge in [0.2, 0.25) is 0 Å². The average molecular weight is 286 g/mol. The molecule has 2 fully saturated rings. The van der Waals surface area contributed by atoms with E-state index in [2.05, 4.69) is 54.4 Å². The van der Waals surface area contributed by atoms with E-state index in [4.69, 9.17) is 0 Å². The van der Waals surface area contributed by atoms with Gasteiger partial charge in [-0.25, -0.2) is 0 Å². The van der Waals surface area contributed by atoms with Crippen LogP contribution >= 0.6 is 0 Å². The molecule has 1 aromatic rings. The van der Waals surface area contributed by atoms with E-state index in [1.807, 2.05) is 0 Å². The fourth-order valence-electron chi connectivity index (χ4n) is 4.07. The molecule has 1 aliphatic carbocycles. The van der Waals surface area contributed by atoms with Gasteiger partial charge in [-0.15, -0.1) is 0 Å². The van der Waals surface area contributed by atoms with Crippen LogP contribution in [0.4, 0.5) is 0 Å². The van der Waals surface area contributed by atoms with Crippen molar-refractivity contribution in [2.75, 3.05) is 13.1 Å². The third kappa shape index (κ3) is 3.87. The highest BCUT2D eigenvalue weighted by atomic mass is 15.3. The van der Waals surface area contributed by atoms with Crippen molar-refractivity contribution in [2.45, 2.75) is 70.0 Å². The van der Waals surface area contributed by atoms with Gasteiger partial charge in [-0.2, -0.15) is 0 Å². The molecule has 1 unspecified atom stereocenters. The minimum absolute atomic E-state index is 0.255. The Labute approximate surface area is 129 Å². The maximum atomic E-state index is 3.76. The maximum absolute atomic E-state index is 3.76. The number of piperazine rings is 1. The molecule has 0 aromatic heterocycles. The van der Waals surface area contributed by atoms with Crippen molar-refractivity contribution in [3.63, 3.8) is 0 Å². The van der Waals surface area contributed by atoms with Gasteiger partial charge in [-0.3, -0.25) is 4.90 Å². The molecule has 116 valence electrons. The number of nitrogens with one attached hydrogen (secondary N) is 1. The SMILES string of the molecule is CC1(C)CN(C2CCCCC2)C(Cc2ccccc2)CN1. The summed E-state index contributed by atoms with van der Waals surface area (Å²) in [5.41, 5.74) is 1.73. The van der Waals surface area contributed by atoms with Gasteiger partial charge < -0.3 is 5.32 Å². The molecule has 0 bridgehead atoms. The molecule has 1 saturated heterocycles. The number of nitrogens with zero attached hydrogens (tertiary/aromatic N) is 1. The number of hydrogen-bond donors (Lipinski definition) is 1. The highest BCUT2D eigenvalue weighted by Crippen LogP contribution is 2.28. The van der Waals surface area contributed by atoms with E-state index in [9.17, 15) is 0 Å². The van der Waals surface area contributed by atoms with Gasteiger partial charge in [0.25, 0.3) is 0 Å². The summed E-state index contributed by atoms with van der Waals surface area (Å²) >= 11 is 0. The molecule has 1 aliphatic heterocycles. The molecule has 1 heterocycles. The fourth-order valence-corrected chi connectivity index (χ4v) is 4.07. The molecule has 0 radical (unpaired) electrons. The Balaban J connectivity index is 1.73. The van der Waals surface area contributed by atoms with Crippen LogP contribution in [0.1, 0.15) is 51.5 Å². The van der Waals surface area contributed by atoms with E-state index in [0.29, 0.717) is 6.04 Å². The highest BCUT2D eigenvalue weighted by Gasteiger charge is 2.36. The molecule has 21 heavy (non-hydrogen) atoms. The van der Waals surface area contributed by atoms with Crippen LogP contribution in [-0.2, 0) is 6.42 Å². The first kappa shape index (κ1) is 15.1. The summed E-state index contributed by atoms with van der Waals surface area (Å²) in [5, 5.41) is 3.76. The van der Waals surface area contributed by atoms with Crippen molar-refractivity contribution in [3.05, 3.63) is 35.9 Å². The molecule has 1 aromatic carbocycles. The van der Waals surface area contributed by atoms with Crippen LogP contribution in [0.5, 0.6) is 0 Å². The van der Waals surface area contributed by atoms with Gasteiger partial charge in [-0.1, -0.05) is 49.6 Å². The Hall–Kier alpha value is -0.860. The Bertz CT molecular complexity index is 434. The maximum Gasteiger partial charge on any atom is 0.0264 e. The quantitative estimate of drug-likeness (QED) is 0.913. The van der Waals surface area contributed by atoms with Crippen LogP contribution in [0.3, 0.4) is 0 Å². The van der Waals surface area contributed by atoms with E-state index in [1.54, 1.807) is 0 Å². The molecule has 2 nitrogen and oxygen atoms in total. The molecule has 0 spiro atoms. The summed E-state index contributed by atoms with van der Waals surface area (Å²) in [6, 6.07) is 12.5. The largest absolute Gasteiger partial charge is 0.309 e. The zero-order chi connectivity index (χ0) is 14.7. The second-order valence-electron chi connectivity index (χ2n) is 7.57. The van der Waals surface area contributed by atoms with Crippen molar-refractivity contribution in [1.82, 2.24) is 10.2 Å². The van der Waals surface area contributed by atoms with Crippen molar-refractivity contribution < 1.29 is 0 Å². The molecule has 1 N–H and O–H groups in total. The summed E-state index contributed by atoms with van der Waals surface area (Å²) in [5.74, 6) is 0. The Kier molecular flexibility index (Phi) is 4.66. The van der Waals surface area contributed by atoms with E-state index in [0.717, 1.165) is 12.6 Å². The average Bonchev–Trinajstić information content (AvgIpc) is 2.51. The van der Waals surface area contributed by atoms with Gasteiger partial charge in [0.05, 0.1) is 0 Å². The predicted molar refractivity (Wildman–Crippen MR) is 89.6 cm³/mol. The molecular weight excluding hydrogens is 256 g/mol. The smallest absolute Gasteiger partial charge is 0.0264 e. The first-order chi connectivity index (χ1) is 10.1. The molecule has 1 atom stereocenters. The first-order valence-electron chi connectivity index (χ1n) is 8.69. The third-order valence-corrected chi connectivity index (χ3v) is 5.22. The first-order valence-corrected chi connectivity index (χ1v) is 8.69. The topological polar surface area (TPSA) is 15.3 Å².